The van der Waals surface area contributed by atoms with Crippen molar-refractivity contribution in [2.75, 3.05) is 13.2 Å². The molecule has 15 heavy (non-hydrogen) atoms. The minimum atomic E-state index is -0.257. The predicted octanol–water partition coefficient (Wildman–Crippen LogP) is 0.385. The van der Waals surface area contributed by atoms with Crippen molar-refractivity contribution >= 4 is 5.91 Å². The van der Waals surface area contributed by atoms with Gasteiger partial charge < -0.3 is 10.1 Å². The second-order valence-corrected chi connectivity index (χ2v) is 3.94. The summed E-state index contributed by atoms with van der Waals surface area (Å²) >= 11 is 0. The third-order valence-corrected chi connectivity index (χ3v) is 2.46. The molecule has 1 aromatic heterocycles. The Morgan fingerprint density at radius 1 is 1.53 bits per heavy atom. The number of rotatable bonds is 2. The van der Waals surface area contributed by atoms with E-state index in [1.807, 2.05) is 6.92 Å². The Labute approximate surface area is 87.9 Å². The van der Waals surface area contributed by atoms with Gasteiger partial charge in [-0.05, 0) is 13.3 Å². The van der Waals surface area contributed by atoms with Gasteiger partial charge in [-0.2, -0.15) is 0 Å². The van der Waals surface area contributed by atoms with Crippen molar-refractivity contribution in [1.82, 2.24) is 15.3 Å². The van der Waals surface area contributed by atoms with Gasteiger partial charge in [0.25, 0.3) is 5.91 Å². The summed E-state index contributed by atoms with van der Waals surface area (Å²) in [4.78, 5) is 19.4. The van der Waals surface area contributed by atoms with Gasteiger partial charge in [0.2, 0.25) is 0 Å². The highest BCUT2D eigenvalue weighted by Gasteiger charge is 2.31. The lowest BCUT2D eigenvalue weighted by atomic mass is 10.0. The van der Waals surface area contributed by atoms with Crippen molar-refractivity contribution in [1.29, 1.82) is 0 Å². The Balaban J connectivity index is 2.04. The Kier molecular flexibility index (Phi) is 2.64. The number of carbonyl (C=O) groups is 1. The molecule has 1 saturated heterocycles. The zero-order valence-corrected chi connectivity index (χ0v) is 8.56. The topological polar surface area (TPSA) is 64.1 Å². The zero-order valence-electron chi connectivity index (χ0n) is 8.56. The normalized spacial score (nSPS) is 25.1. The summed E-state index contributed by atoms with van der Waals surface area (Å²) in [6, 6.07) is 0. The van der Waals surface area contributed by atoms with Crippen molar-refractivity contribution < 1.29 is 9.53 Å². The summed E-state index contributed by atoms with van der Waals surface area (Å²) in [6.45, 7) is 3.23. The molecule has 0 bridgehead atoms. The number of hydrogen-bond acceptors (Lipinski definition) is 4. The van der Waals surface area contributed by atoms with E-state index < -0.39 is 0 Å². The first-order chi connectivity index (χ1) is 7.20. The molecule has 0 radical (unpaired) electrons. The van der Waals surface area contributed by atoms with Gasteiger partial charge in [-0.25, -0.2) is 9.97 Å². The summed E-state index contributed by atoms with van der Waals surface area (Å²) in [5.74, 6) is -0.149. The smallest absolute Gasteiger partial charge is 0.254 e. The molecule has 0 saturated carbocycles. The van der Waals surface area contributed by atoms with Crippen molar-refractivity contribution in [2.24, 2.45) is 0 Å². The fraction of sp³-hybridized carbons (Fsp3) is 0.500. The molecule has 0 aromatic carbocycles. The Morgan fingerprint density at radius 2 is 2.27 bits per heavy atom. The van der Waals surface area contributed by atoms with Crippen molar-refractivity contribution in [2.45, 2.75) is 18.9 Å². The number of carbonyl (C=O) groups excluding carboxylic acids is 1. The molecule has 2 heterocycles. The van der Waals surface area contributed by atoms with E-state index >= 15 is 0 Å². The van der Waals surface area contributed by atoms with Gasteiger partial charge in [0.05, 0.1) is 17.7 Å². The molecule has 80 valence electrons. The summed E-state index contributed by atoms with van der Waals surface area (Å²) in [6.07, 6.45) is 5.24. The highest BCUT2D eigenvalue weighted by Crippen LogP contribution is 2.17. The Hall–Kier alpha value is -1.49. The van der Waals surface area contributed by atoms with E-state index in [1.165, 1.54) is 18.7 Å². The van der Waals surface area contributed by atoms with Crippen LogP contribution in [0.4, 0.5) is 0 Å². The van der Waals surface area contributed by atoms with E-state index in [2.05, 4.69) is 15.3 Å². The second-order valence-electron chi connectivity index (χ2n) is 3.94. The Bertz CT molecular complexity index is 347. The first kappa shape index (κ1) is 10.0. The summed E-state index contributed by atoms with van der Waals surface area (Å²) in [5.41, 5.74) is 0.220. The van der Waals surface area contributed by atoms with E-state index in [-0.39, 0.29) is 11.4 Å². The number of ether oxygens (including phenoxy) is 1. The van der Waals surface area contributed by atoms with Crippen LogP contribution in [-0.2, 0) is 4.74 Å². The van der Waals surface area contributed by atoms with Gasteiger partial charge in [0.1, 0.15) is 6.33 Å². The van der Waals surface area contributed by atoms with Crippen molar-refractivity contribution in [3.63, 3.8) is 0 Å². The highest BCUT2D eigenvalue weighted by atomic mass is 16.5. The first-order valence-electron chi connectivity index (χ1n) is 4.85. The fourth-order valence-corrected chi connectivity index (χ4v) is 1.53. The quantitative estimate of drug-likeness (QED) is 0.761. The molecule has 1 N–H and O–H groups in total. The molecule has 0 unspecified atom stereocenters. The third kappa shape index (κ3) is 2.30. The lowest BCUT2D eigenvalue weighted by Crippen LogP contribution is -2.46. The van der Waals surface area contributed by atoms with Crippen LogP contribution in [0.5, 0.6) is 0 Å². The van der Waals surface area contributed by atoms with Crippen LogP contribution in [0.25, 0.3) is 0 Å². The van der Waals surface area contributed by atoms with Crippen LogP contribution in [0.15, 0.2) is 18.7 Å². The number of nitrogens with one attached hydrogen (secondary N) is 1. The summed E-state index contributed by atoms with van der Waals surface area (Å²) < 4.78 is 5.25. The van der Waals surface area contributed by atoms with Gasteiger partial charge in [-0.15, -0.1) is 0 Å². The molecular formula is C10H13N3O2. The first-order valence-corrected chi connectivity index (χ1v) is 4.85. The highest BCUT2D eigenvalue weighted by molar-refractivity contribution is 5.94. The van der Waals surface area contributed by atoms with Crippen LogP contribution in [-0.4, -0.2) is 34.6 Å². The molecular weight excluding hydrogens is 194 g/mol. The zero-order chi connectivity index (χ0) is 10.7. The second kappa shape index (κ2) is 3.94. The van der Waals surface area contributed by atoms with Crippen LogP contribution >= 0.6 is 0 Å². The van der Waals surface area contributed by atoms with E-state index in [9.17, 15) is 4.79 Å². The molecule has 1 fully saturated rings. The van der Waals surface area contributed by atoms with Gasteiger partial charge in [-0.1, -0.05) is 0 Å². The molecule has 5 heteroatoms. The maximum Gasteiger partial charge on any atom is 0.254 e. The number of amides is 1. The molecule has 1 amide bonds. The fourth-order valence-electron chi connectivity index (χ4n) is 1.53. The van der Waals surface area contributed by atoms with Gasteiger partial charge >= 0.3 is 0 Å². The number of aromatic nitrogens is 2. The minimum absolute atomic E-state index is 0.149. The van der Waals surface area contributed by atoms with Crippen LogP contribution in [0.1, 0.15) is 23.7 Å². The molecule has 1 aliphatic heterocycles. The van der Waals surface area contributed by atoms with Crippen LogP contribution in [0.2, 0.25) is 0 Å². The van der Waals surface area contributed by atoms with Gasteiger partial charge in [-0.3, -0.25) is 4.79 Å². The van der Waals surface area contributed by atoms with E-state index in [1.54, 1.807) is 0 Å². The maximum absolute atomic E-state index is 11.8. The van der Waals surface area contributed by atoms with Gasteiger partial charge in [0.15, 0.2) is 0 Å². The van der Waals surface area contributed by atoms with E-state index in [4.69, 9.17) is 4.74 Å². The molecule has 0 spiro atoms. The molecule has 1 aromatic rings. The molecule has 1 aliphatic rings. The number of hydrogen-bond donors (Lipinski definition) is 1. The molecule has 1 atom stereocenters. The van der Waals surface area contributed by atoms with Crippen LogP contribution in [0, 0.1) is 0 Å². The average molecular weight is 207 g/mol. The number of nitrogens with zero attached hydrogens (tertiary/aromatic N) is 2. The average Bonchev–Trinajstić information content (AvgIpc) is 2.66. The lowest BCUT2D eigenvalue weighted by Gasteiger charge is -2.23. The van der Waals surface area contributed by atoms with E-state index in [0.717, 1.165) is 6.42 Å². The summed E-state index contributed by atoms with van der Waals surface area (Å²) in [5, 5.41) is 2.93. The molecule has 5 nitrogen and oxygen atoms in total. The minimum Gasteiger partial charge on any atom is -0.379 e. The lowest BCUT2D eigenvalue weighted by molar-refractivity contribution is 0.0889. The van der Waals surface area contributed by atoms with Crippen molar-refractivity contribution in [3.8, 4) is 0 Å². The van der Waals surface area contributed by atoms with E-state index in [0.29, 0.717) is 18.8 Å². The van der Waals surface area contributed by atoms with Crippen molar-refractivity contribution in [3.05, 3.63) is 24.3 Å². The SMILES string of the molecule is C[C@@]1(NC(=O)c2cncnc2)CCOC1. The van der Waals surface area contributed by atoms with Gasteiger partial charge in [0, 0.05) is 19.0 Å². The maximum atomic E-state index is 11.8. The molecule has 2 rings (SSSR count). The van der Waals surface area contributed by atoms with Crippen LogP contribution in [0.3, 0.4) is 0 Å². The largest absolute Gasteiger partial charge is 0.379 e. The van der Waals surface area contributed by atoms with Crippen LogP contribution < -0.4 is 5.32 Å². The Morgan fingerprint density at radius 3 is 2.87 bits per heavy atom. The predicted molar refractivity (Wildman–Crippen MR) is 53.3 cm³/mol. The summed E-state index contributed by atoms with van der Waals surface area (Å²) in [7, 11) is 0. The third-order valence-electron chi connectivity index (χ3n) is 2.46. The standard InChI is InChI=1S/C10H13N3O2/c1-10(2-3-15-6-10)13-9(14)8-4-11-7-12-5-8/h4-5,7H,2-3,6H2,1H3,(H,13,14)/t10-/m1/s1. The monoisotopic (exact) mass is 207 g/mol. The molecule has 0 aliphatic carbocycles.